The van der Waals surface area contributed by atoms with Gasteiger partial charge in [-0.05, 0) is 44.9 Å². The Balaban J connectivity index is 1.55. The number of nitrogens with zero attached hydrogens (tertiary/aromatic N) is 3. The number of carbonyl (C=O) groups excluding carboxylic acids is 2. The molecule has 3 heterocycles. The first kappa shape index (κ1) is 18.0. The molecule has 0 aromatic carbocycles. The van der Waals surface area contributed by atoms with E-state index in [9.17, 15) is 19.5 Å². The monoisotopic (exact) mass is 374 g/mol. The Bertz CT molecular complexity index is 753. The molecule has 0 saturated carbocycles. The summed E-state index contributed by atoms with van der Waals surface area (Å²) < 4.78 is 0. The summed E-state index contributed by atoms with van der Waals surface area (Å²) in [5.74, 6) is -2.37. The maximum atomic E-state index is 13.1. The Labute approximate surface area is 157 Å². The molecule has 2 saturated heterocycles. The number of likely N-dealkylation sites (tertiary alicyclic amines) is 2. The second-order valence-electron chi connectivity index (χ2n) is 7.95. The SMILES string of the molecule is O=C(O)[C@H]1C[C@@H](C(=O)N2CCCC2)CN(C(=O)c2n[nH]c3c2CCCC3)C1. The molecule has 0 unspecified atom stereocenters. The number of aromatic nitrogens is 2. The summed E-state index contributed by atoms with van der Waals surface area (Å²) in [5, 5.41) is 16.7. The average Bonchev–Trinajstić information content (AvgIpc) is 3.36. The van der Waals surface area contributed by atoms with E-state index in [0.29, 0.717) is 12.1 Å². The summed E-state index contributed by atoms with van der Waals surface area (Å²) in [4.78, 5) is 40.9. The number of carboxylic acid groups (broad SMARTS) is 1. The fourth-order valence-corrected chi connectivity index (χ4v) is 4.63. The highest BCUT2D eigenvalue weighted by atomic mass is 16.4. The number of H-pyrrole nitrogens is 1. The molecule has 1 aliphatic carbocycles. The van der Waals surface area contributed by atoms with Gasteiger partial charge in [0.25, 0.3) is 5.91 Å². The van der Waals surface area contributed by atoms with E-state index in [2.05, 4.69) is 10.2 Å². The van der Waals surface area contributed by atoms with Gasteiger partial charge in [-0.2, -0.15) is 5.10 Å². The van der Waals surface area contributed by atoms with Crippen LogP contribution in [0, 0.1) is 11.8 Å². The first-order valence-corrected chi connectivity index (χ1v) is 9.91. The van der Waals surface area contributed by atoms with Crippen molar-refractivity contribution >= 4 is 17.8 Å². The highest BCUT2D eigenvalue weighted by molar-refractivity contribution is 5.95. The zero-order chi connectivity index (χ0) is 19.0. The van der Waals surface area contributed by atoms with Crippen LogP contribution in [0.1, 0.15) is 53.8 Å². The molecular weight excluding hydrogens is 348 g/mol. The van der Waals surface area contributed by atoms with Crippen molar-refractivity contribution in [3.63, 3.8) is 0 Å². The second-order valence-corrected chi connectivity index (χ2v) is 7.95. The summed E-state index contributed by atoms with van der Waals surface area (Å²) in [6.45, 7) is 1.88. The van der Waals surface area contributed by atoms with Gasteiger partial charge in [0.1, 0.15) is 0 Å². The zero-order valence-electron chi connectivity index (χ0n) is 15.4. The van der Waals surface area contributed by atoms with E-state index in [-0.39, 0.29) is 24.9 Å². The van der Waals surface area contributed by atoms with Gasteiger partial charge in [-0.3, -0.25) is 19.5 Å². The Kier molecular flexibility index (Phi) is 4.88. The van der Waals surface area contributed by atoms with Crippen LogP contribution in [0.15, 0.2) is 0 Å². The highest BCUT2D eigenvalue weighted by Gasteiger charge is 2.40. The molecule has 4 rings (SSSR count). The highest BCUT2D eigenvalue weighted by Crippen LogP contribution is 2.28. The quantitative estimate of drug-likeness (QED) is 0.823. The topological polar surface area (TPSA) is 107 Å². The summed E-state index contributed by atoms with van der Waals surface area (Å²) in [7, 11) is 0. The van der Waals surface area contributed by atoms with Crippen LogP contribution in [0.2, 0.25) is 0 Å². The molecule has 27 heavy (non-hydrogen) atoms. The van der Waals surface area contributed by atoms with Crippen LogP contribution >= 0.6 is 0 Å². The Morgan fingerprint density at radius 3 is 2.41 bits per heavy atom. The van der Waals surface area contributed by atoms with Crippen molar-refractivity contribution in [2.24, 2.45) is 11.8 Å². The second kappa shape index (κ2) is 7.32. The smallest absolute Gasteiger partial charge is 0.308 e. The standard InChI is InChI=1S/C19H26N4O4/c24-17(22-7-3-4-8-22)12-9-13(19(26)27)11-23(10-12)18(25)16-14-5-1-2-6-15(14)20-21-16/h12-13H,1-11H2,(H,20,21)(H,26,27)/t12-,13+/m1/s1. The first-order chi connectivity index (χ1) is 13.0. The molecule has 3 aliphatic rings. The number of hydrogen-bond acceptors (Lipinski definition) is 4. The van der Waals surface area contributed by atoms with E-state index in [0.717, 1.165) is 62.9 Å². The molecule has 2 atom stereocenters. The van der Waals surface area contributed by atoms with E-state index in [1.807, 2.05) is 4.90 Å². The van der Waals surface area contributed by atoms with Crippen molar-refractivity contribution in [1.29, 1.82) is 0 Å². The molecule has 0 spiro atoms. The lowest BCUT2D eigenvalue weighted by molar-refractivity contribution is -0.146. The largest absolute Gasteiger partial charge is 0.481 e. The van der Waals surface area contributed by atoms with E-state index >= 15 is 0 Å². The number of aliphatic carboxylic acids is 1. The lowest BCUT2D eigenvalue weighted by Gasteiger charge is -2.36. The van der Waals surface area contributed by atoms with Gasteiger partial charge in [-0.15, -0.1) is 0 Å². The minimum atomic E-state index is -0.948. The number of piperidine rings is 1. The minimum Gasteiger partial charge on any atom is -0.481 e. The van der Waals surface area contributed by atoms with Crippen LogP contribution in [-0.2, 0) is 22.4 Å². The molecule has 0 bridgehead atoms. The number of carboxylic acids is 1. The Morgan fingerprint density at radius 2 is 1.67 bits per heavy atom. The van der Waals surface area contributed by atoms with Crippen LogP contribution < -0.4 is 0 Å². The van der Waals surface area contributed by atoms with Gasteiger partial charge in [0.15, 0.2) is 5.69 Å². The minimum absolute atomic E-state index is 0.0136. The Morgan fingerprint density at radius 1 is 0.963 bits per heavy atom. The normalized spacial score (nSPS) is 25.3. The number of aryl methyl sites for hydroxylation is 1. The van der Waals surface area contributed by atoms with Crippen molar-refractivity contribution in [2.75, 3.05) is 26.2 Å². The molecule has 146 valence electrons. The number of fused-ring (bicyclic) bond motifs is 1. The third-order valence-corrected chi connectivity index (χ3v) is 6.11. The molecule has 2 aliphatic heterocycles. The number of aromatic amines is 1. The summed E-state index contributed by atoms with van der Waals surface area (Å²) in [6, 6.07) is 0. The van der Waals surface area contributed by atoms with E-state index < -0.39 is 17.8 Å². The Hall–Kier alpha value is -2.38. The van der Waals surface area contributed by atoms with Gasteiger partial charge in [-0.25, -0.2) is 0 Å². The van der Waals surface area contributed by atoms with Gasteiger partial charge >= 0.3 is 5.97 Å². The zero-order valence-corrected chi connectivity index (χ0v) is 15.4. The number of rotatable bonds is 3. The number of hydrogen-bond donors (Lipinski definition) is 2. The first-order valence-electron chi connectivity index (χ1n) is 9.91. The lowest BCUT2D eigenvalue weighted by atomic mass is 9.87. The summed E-state index contributed by atoms with van der Waals surface area (Å²) in [5.41, 5.74) is 2.38. The van der Waals surface area contributed by atoms with Gasteiger partial charge in [0.2, 0.25) is 5.91 Å². The number of amides is 2. The third kappa shape index (κ3) is 3.44. The van der Waals surface area contributed by atoms with Gasteiger partial charge in [0.05, 0.1) is 11.8 Å². The van der Waals surface area contributed by atoms with Crippen LogP contribution in [0.25, 0.3) is 0 Å². The van der Waals surface area contributed by atoms with E-state index in [1.54, 1.807) is 0 Å². The lowest BCUT2D eigenvalue weighted by Crippen LogP contribution is -2.51. The molecular formula is C19H26N4O4. The molecule has 8 nitrogen and oxygen atoms in total. The fraction of sp³-hybridized carbons (Fsp3) is 0.684. The van der Waals surface area contributed by atoms with Crippen LogP contribution in [0.3, 0.4) is 0 Å². The number of carbonyl (C=O) groups is 3. The summed E-state index contributed by atoms with van der Waals surface area (Å²) >= 11 is 0. The van der Waals surface area contributed by atoms with Crippen molar-refractivity contribution < 1.29 is 19.5 Å². The molecule has 2 amide bonds. The van der Waals surface area contributed by atoms with Crippen molar-refractivity contribution in [3.8, 4) is 0 Å². The van der Waals surface area contributed by atoms with Gasteiger partial charge in [0, 0.05) is 37.4 Å². The molecule has 2 fully saturated rings. The molecule has 2 N–H and O–H groups in total. The van der Waals surface area contributed by atoms with E-state index in [4.69, 9.17) is 0 Å². The van der Waals surface area contributed by atoms with Crippen molar-refractivity contribution in [2.45, 2.75) is 44.9 Å². The van der Waals surface area contributed by atoms with Crippen LogP contribution in [0.4, 0.5) is 0 Å². The predicted octanol–water partition coefficient (Wildman–Crippen LogP) is 1.07. The van der Waals surface area contributed by atoms with Crippen LogP contribution in [0.5, 0.6) is 0 Å². The van der Waals surface area contributed by atoms with Gasteiger partial charge < -0.3 is 14.9 Å². The van der Waals surface area contributed by atoms with Crippen LogP contribution in [-0.4, -0.2) is 69.1 Å². The number of nitrogens with one attached hydrogen (secondary N) is 1. The van der Waals surface area contributed by atoms with E-state index in [1.165, 1.54) is 4.90 Å². The fourth-order valence-electron chi connectivity index (χ4n) is 4.63. The molecule has 8 heteroatoms. The maximum absolute atomic E-state index is 13.1. The molecule has 0 radical (unpaired) electrons. The predicted molar refractivity (Wildman–Crippen MR) is 96.2 cm³/mol. The average molecular weight is 374 g/mol. The van der Waals surface area contributed by atoms with Crippen molar-refractivity contribution in [3.05, 3.63) is 17.0 Å². The van der Waals surface area contributed by atoms with Gasteiger partial charge in [-0.1, -0.05) is 0 Å². The summed E-state index contributed by atoms with van der Waals surface area (Å²) in [6.07, 6.45) is 6.10. The molecule has 1 aromatic heterocycles. The molecule has 1 aromatic rings. The third-order valence-electron chi connectivity index (χ3n) is 6.11. The maximum Gasteiger partial charge on any atom is 0.308 e. The van der Waals surface area contributed by atoms with Crippen molar-refractivity contribution in [1.82, 2.24) is 20.0 Å².